The number of benzene rings is 1. The maximum absolute atomic E-state index is 11.7. The number of carbonyl (C=O) groups is 1. The zero-order chi connectivity index (χ0) is 14.4. The average molecular weight is 264 g/mol. The van der Waals surface area contributed by atoms with Crippen LogP contribution < -0.4 is 11.1 Å². The summed E-state index contributed by atoms with van der Waals surface area (Å²) in [7, 11) is 0. The number of ether oxygens (including phenoxy) is 1. The van der Waals surface area contributed by atoms with Gasteiger partial charge in [-0.25, -0.2) is 4.79 Å². The van der Waals surface area contributed by atoms with Crippen molar-refractivity contribution < 1.29 is 9.53 Å². The molecule has 0 amide bonds. The normalized spacial score (nSPS) is 12.3. The molecule has 1 rings (SSSR count). The Balaban J connectivity index is 2.77. The molecule has 0 aromatic heterocycles. The van der Waals surface area contributed by atoms with Gasteiger partial charge in [-0.3, -0.25) is 0 Å². The highest BCUT2D eigenvalue weighted by Gasteiger charge is 2.11. The molecular weight excluding hydrogens is 240 g/mol. The van der Waals surface area contributed by atoms with Gasteiger partial charge in [-0.2, -0.15) is 0 Å². The molecule has 0 fully saturated rings. The number of nitrogens with one attached hydrogen (secondary N) is 1. The molecule has 4 heteroatoms. The van der Waals surface area contributed by atoms with Crippen LogP contribution in [0.3, 0.4) is 0 Å². The molecule has 0 saturated carbocycles. The topological polar surface area (TPSA) is 64.3 Å². The average Bonchev–Trinajstić information content (AvgIpc) is 2.31. The Bertz CT molecular complexity index is 430. The second-order valence-electron chi connectivity index (χ2n) is 5.09. The summed E-state index contributed by atoms with van der Waals surface area (Å²) in [5, 5.41) is 3.34. The van der Waals surface area contributed by atoms with E-state index >= 15 is 0 Å². The van der Waals surface area contributed by atoms with Crippen molar-refractivity contribution in [1.29, 1.82) is 0 Å². The lowest BCUT2D eigenvalue weighted by Gasteiger charge is -2.16. The first-order valence-corrected chi connectivity index (χ1v) is 6.81. The number of carbonyl (C=O) groups excluding carboxylic acids is 1. The lowest BCUT2D eigenvalue weighted by Crippen LogP contribution is -2.16. The van der Waals surface area contributed by atoms with E-state index in [0.717, 1.165) is 18.5 Å². The van der Waals surface area contributed by atoms with Gasteiger partial charge in [-0.05, 0) is 45.4 Å². The number of hydrogen-bond acceptors (Lipinski definition) is 4. The van der Waals surface area contributed by atoms with E-state index in [4.69, 9.17) is 10.5 Å². The van der Waals surface area contributed by atoms with Crippen molar-refractivity contribution in [2.75, 3.05) is 11.1 Å². The Morgan fingerprint density at radius 2 is 2.05 bits per heavy atom. The van der Waals surface area contributed by atoms with E-state index in [1.807, 2.05) is 19.9 Å². The van der Waals surface area contributed by atoms with Gasteiger partial charge in [0.2, 0.25) is 0 Å². The Morgan fingerprint density at radius 3 is 2.58 bits per heavy atom. The first kappa shape index (κ1) is 15.3. The van der Waals surface area contributed by atoms with Crippen molar-refractivity contribution >= 4 is 17.3 Å². The fourth-order valence-electron chi connectivity index (χ4n) is 1.87. The molecule has 0 aliphatic rings. The standard InChI is InChI=1S/C15H24N2O2/c1-5-6-11(4)17-14-8-7-12(9-13(14)16)15(18)19-10(2)3/h7-11,17H,5-6,16H2,1-4H3. The van der Waals surface area contributed by atoms with E-state index in [1.165, 1.54) is 0 Å². The summed E-state index contributed by atoms with van der Waals surface area (Å²) in [5.74, 6) is -0.338. The van der Waals surface area contributed by atoms with Gasteiger partial charge in [0.1, 0.15) is 0 Å². The number of esters is 1. The third-order valence-electron chi connectivity index (χ3n) is 2.75. The minimum absolute atomic E-state index is 0.129. The highest BCUT2D eigenvalue weighted by molar-refractivity contribution is 5.92. The number of anilines is 2. The van der Waals surface area contributed by atoms with Crippen LogP contribution in [0.15, 0.2) is 18.2 Å². The largest absolute Gasteiger partial charge is 0.459 e. The molecule has 0 radical (unpaired) electrons. The lowest BCUT2D eigenvalue weighted by atomic mass is 10.1. The van der Waals surface area contributed by atoms with Crippen LogP contribution in [-0.2, 0) is 4.74 Å². The van der Waals surface area contributed by atoms with Gasteiger partial charge in [-0.15, -0.1) is 0 Å². The SMILES string of the molecule is CCCC(C)Nc1ccc(C(=O)OC(C)C)cc1N. The molecule has 1 aromatic carbocycles. The van der Waals surface area contributed by atoms with Crippen molar-refractivity contribution in [2.45, 2.75) is 52.7 Å². The molecule has 0 bridgehead atoms. The van der Waals surface area contributed by atoms with Crippen molar-refractivity contribution in [3.8, 4) is 0 Å². The van der Waals surface area contributed by atoms with E-state index in [9.17, 15) is 4.79 Å². The third kappa shape index (κ3) is 4.81. The molecular formula is C15H24N2O2. The van der Waals surface area contributed by atoms with Gasteiger partial charge in [0.05, 0.1) is 23.0 Å². The second kappa shape index (κ2) is 7.02. The predicted molar refractivity (Wildman–Crippen MR) is 79.4 cm³/mol. The summed E-state index contributed by atoms with van der Waals surface area (Å²) in [6, 6.07) is 5.59. The molecule has 4 nitrogen and oxygen atoms in total. The van der Waals surface area contributed by atoms with Crippen molar-refractivity contribution in [3.05, 3.63) is 23.8 Å². The molecule has 106 valence electrons. The predicted octanol–water partition coefficient (Wildman–Crippen LogP) is 3.43. The van der Waals surface area contributed by atoms with Crippen LogP contribution in [0.2, 0.25) is 0 Å². The Morgan fingerprint density at radius 1 is 1.37 bits per heavy atom. The molecule has 1 aromatic rings. The smallest absolute Gasteiger partial charge is 0.338 e. The van der Waals surface area contributed by atoms with Crippen LogP contribution >= 0.6 is 0 Å². The molecule has 0 spiro atoms. The molecule has 0 heterocycles. The van der Waals surface area contributed by atoms with E-state index in [1.54, 1.807) is 12.1 Å². The van der Waals surface area contributed by atoms with Gasteiger partial charge in [0, 0.05) is 6.04 Å². The van der Waals surface area contributed by atoms with Crippen LogP contribution in [0.4, 0.5) is 11.4 Å². The van der Waals surface area contributed by atoms with Crippen molar-refractivity contribution in [3.63, 3.8) is 0 Å². The van der Waals surface area contributed by atoms with E-state index in [-0.39, 0.29) is 12.1 Å². The zero-order valence-corrected chi connectivity index (χ0v) is 12.2. The van der Waals surface area contributed by atoms with E-state index < -0.39 is 0 Å². The summed E-state index contributed by atoms with van der Waals surface area (Å²) in [4.78, 5) is 11.7. The maximum Gasteiger partial charge on any atom is 0.338 e. The summed E-state index contributed by atoms with van der Waals surface area (Å²) >= 11 is 0. The molecule has 1 unspecified atom stereocenters. The van der Waals surface area contributed by atoms with Crippen LogP contribution in [0.5, 0.6) is 0 Å². The van der Waals surface area contributed by atoms with Crippen LogP contribution in [-0.4, -0.2) is 18.1 Å². The minimum Gasteiger partial charge on any atom is -0.459 e. The van der Waals surface area contributed by atoms with Gasteiger partial charge in [0.15, 0.2) is 0 Å². The Hall–Kier alpha value is -1.71. The summed E-state index contributed by atoms with van der Waals surface area (Å²) in [6.07, 6.45) is 2.07. The third-order valence-corrected chi connectivity index (χ3v) is 2.75. The quantitative estimate of drug-likeness (QED) is 0.610. The molecule has 19 heavy (non-hydrogen) atoms. The summed E-state index contributed by atoms with van der Waals surface area (Å²) in [6.45, 7) is 7.91. The summed E-state index contributed by atoms with van der Waals surface area (Å²) in [5.41, 5.74) is 7.88. The first-order valence-electron chi connectivity index (χ1n) is 6.81. The van der Waals surface area contributed by atoms with Gasteiger partial charge < -0.3 is 15.8 Å². The fourth-order valence-corrected chi connectivity index (χ4v) is 1.87. The highest BCUT2D eigenvalue weighted by atomic mass is 16.5. The zero-order valence-electron chi connectivity index (χ0n) is 12.2. The second-order valence-corrected chi connectivity index (χ2v) is 5.09. The number of hydrogen-bond donors (Lipinski definition) is 2. The van der Waals surface area contributed by atoms with Crippen LogP contribution in [0.25, 0.3) is 0 Å². The van der Waals surface area contributed by atoms with Crippen molar-refractivity contribution in [2.24, 2.45) is 0 Å². The minimum atomic E-state index is -0.338. The van der Waals surface area contributed by atoms with Gasteiger partial charge in [0.25, 0.3) is 0 Å². The van der Waals surface area contributed by atoms with Crippen LogP contribution in [0.1, 0.15) is 50.9 Å². The molecule has 0 saturated heterocycles. The molecule has 3 N–H and O–H groups in total. The van der Waals surface area contributed by atoms with Gasteiger partial charge in [-0.1, -0.05) is 13.3 Å². The molecule has 1 atom stereocenters. The maximum atomic E-state index is 11.7. The number of rotatable bonds is 6. The highest BCUT2D eigenvalue weighted by Crippen LogP contribution is 2.22. The molecule has 0 aliphatic carbocycles. The van der Waals surface area contributed by atoms with Gasteiger partial charge >= 0.3 is 5.97 Å². The number of nitrogen functional groups attached to an aromatic ring is 1. The Kier molecular flexibility index (Phi) is 5.67. The van der Waals surface area contributed by atoms with Crippen LogP contribution in [0, 0.1) is 0 Å². The summed E-state index contributed by atoms with van der Waals surface area (Å²) < 4.78 is 5.14. The Labute approximate surface area is 115 Å². The van der Waals surface area contributed by atoms with E-state index in [2.05, 4.69) is 19.2 Å². The monoisotopic (exact) mass is 264 g/mol. The fraction of sp³-hybridized carbons (Fsp3) is 0.533. The van der Waals surface area contributed by atoms with E-state index in [0.29, 0.717) is 17.3 Å². The molecule has 0 aliphatic heterocycles. The number of nitrogens with two attached hydrogens (primary N) is 1. The van der Waals surface area contributed by atoms with Crippen molar-refractivity contribution in [1.82, 2.24) is 0 Å². The lowest BCUT2D eigenvalue weighted by molar-refractivity contribution is 0.0378. The first-order chi connectivity index (χ1) is 8.93.